The second kappa shape index (κ2) is 7.11. The van der Waals surface area contributed by atoms with Crippen molar-refractivity contribution in [2.75, 3.05) is 13.7 Å². The average molecular weight is 250 g/mol. The third-order valence-corrected chi connectivity index (χ3v) is 2.08. The van der Waals surface area contributed by atoms with Crippen molar-refractivity contribution in [3.63, 3.8) is 0 Å². The molecule has 0 unspecified atom stereocenters. The van der Waals surface area contributed by atoms with Gasteiger partial charge in [-0.15, -0.1) is 0 Å². The lowest BCUT2D eigenvalue weighted by Gasteiger charge is -2.06. The van der Waals surface area contributed by atoms with Gasteiger partial charge in [-0.2, -0.15) is 0 Å². The lowest BCUT2D eigenvalue weighted by Crippen LogP contribution is -2.09. The van der Waals surface area contributed by atoms with E-state index < -0.39 is 12.6 Å². The molecule has 0 saturated carbocycles. The monoisotopic (exact) mass is 250 g/mol. The molecule has 1 aromatic carbocycles. The van der Waals surface area contributed by atoms with Crippen LogP contribution in [0.25, 0.3) is 6.08 Å². The molecule has 1 N–H and O–H groups in total. The molecule has 5 nitrogen and oxygen atoms in total. The van der Waals surface area contributed by atoms with Crippen molar-refractivity contribution in [2.24, 2.45) is 0 Å². The van der Waals surface area contributed by atoms with Gasteiger partial charge in [-0.3, -0.25) is 4.79 Å². The SMILES string of the molecule is COC(=O)CC=Cc1ccccc1OCC(=O)O. The first kappa shape index (κ1) is 13.8. The second-order valence-electron chi connectivity index (χ2n) is 3.40. The Morgan fingerprint density at radius 2 is 2.06 bits per heavy atom. The van der Waals surface area contributed by atoms with Gasteiger partial charge in [0.15, 0.2) is 6.61 Å². The van der Waals surface area contributed by atoms with Gasteiger partial charge < -0.3 is 14.6 Å². The molecule has 0 aromatic heterocycles. The van der Waals surface area contributed by atoms with Crippen molar-refractivity contribution in [3.05, 3.63) is 35.9 Å². The lowest BCUT2D eigenvalue weighted by atomic mass is 10.2. The van der Waals surface area contributed by atoms with E-state index in [4.69, 9.17) is 9.84 Å². The van der Waals surface area contributed by atoms with Gasteiger partial charge in [0, 0.05) is 5.56 Å². The minimum absolute atomic E-state index is 0.157. The number of para-hydroxylation sites is 1. The van der Waals surface area contributed by atoms with Crippen LogP contribution in [0, 0.1) is 0 Å². The molecule has 96 valence electrons. The highest BCUT2D eigenvalue weighted by Crippen LogP contribution is 2.19. The molecule has 0 amide bonds. The predicted molar refractivity (Wildman–Crippen MR) is 65.2 cm³/mol. The van der Waals surface area contributed by atoms with Gasteiger partial charge >= 0.3 is 11.9 Å². The average Bonchev–Trinajstić information content (AvgIpc) is 2.37. The minimum atomic E-state index is -1.04. The minimum Gasteiger partial charge on any atom is -0.481 e. The Morgan fingerprint density at radius 3 is 2.72 bits per heavy atom. The topological polar surface area (TPSA) is 72.8 Å². The standard InChI is InChI=1S/C13H14O5/c1-17-13(16)8-4-6-10-5-2-3-7-11(10)18-9-12(14)15/h2-7H,8-9H2,1H3,(H,14,15). The number of ether oxygens (including phenoxy) is 2. The summed E-state index contributed by atoms with van der Waals surface area (Å²) in [4.78, 5) is 21.3. The normalized spacial score (nSPS) is 10.3. The van der Waals surface area contributed by atoms with Gasteiger partial charge in [0.1, 0.15) is 5.75 Å². The molecule has 1 aromatic rings. The first-order chi connectivity index (χ1) is 8.63. The van der Waals surface area contributed by atoms with E-state index in [1.54, 1.807) is 36.4 Å². The van der Waals surface area contributed by atoms with Crippen LogP contribution in [0.2, 0.25) is 0 Å². The van der Waals surface area contributed by atoms with Crippen molar-refractivity contribution in [1.29, 1.82) is 0 Å². The summed E-state index contributed by atoms with van der Waals surface area (Å²) >= 11 is 0. The number of esters is 1. The fraction of sp³-hybridized carbons (Fsp3) is 0.231. The zero-order valence-corrected chi connectivity index (χ0v) is 9.96. The summed E-state index contributed by atoms with van der Waals surface area (Å²) in [5, 5.41) is 8.54. The highest BCUT2D eigenvalue weighted by atomic mass is 16.5. The van der Waals surface area contributed by atoms with E-state index in [0.29, 0.717) is 11.3 Å². The van der Waals surface area contributed by atoms with Gasteiger partial charge in [0.25, 0.3) is 0 Å². The molecule has 0 radical (unpaired) electrons. The van der Waals surface area contributed by atoms with Crippen LogP contribution in [-0.4, -0.2) is 30.8 Å². The number of rotatable bonds is 6. The van der Waals surface area contributed by atoms with Crippen LogP contribution in [0.1, 0.15) is 12.0 Å². The van der Waals surface area contributed by atoms with Crippen LogP contribution in [0.4, 0.5) is 0 Å². The number of carboxylic acid groups (broad SMARTS) is 1. The third kappa shape index (κ3) is 4.69. The second-order valence-corrected chi connectivity index (χ2v) is 3.40. The molecule has 0 aliphatic carbocycles. The zero-order valence-electron chi connectivity index (χ0n) is 9.96. The Balaban J connectivity index is 2.69. The van der Waals surface area contributed by atoms with Crippen molar-refractivity contribution >= 4 is 18.0 Å². The number of hydrogen-bond acceptors (Lipinski definition) is 4. The van der Waals surface area contributed by atoms with E-state index in [9.17, 15) is 9.59 Å². The molecule has 0 aliphatic rings. The van der Waals surface area contributed by atoms with Crippen LogP contribution in [0.3, 0.4) is 0 Å². The molecule has 0 atom stereocenters. The summed E-state index contributed by atoms with van der Waals surface area (Å²) in [5.41, 5.74) is 0.711. The Morgan fingerprint density at radius 1 is 1.33 bits per heavy atom. The predicted octanol–water partition coefficient (Wildman–Crippen LogP) is 1.73. The smallest absolute Gasteiger partial charge is 0.341 e. The zero-order chi connectivity index (χ0) is 13.4. The largest absolute Gasteiger partial charge is 0.481 e. The van der Waals surface area contributed by atoms with E-state index in [0.717, 1.165) is 0 Å². The third-order valence-electron chi connectivity index (χ3n) is 2.08. The summed E-state index contributed by atoms with van der Waals surface area (Å²) in [7, 11) is 1.32. The van der Waals surface area contributed by atoms with E-state index in [2.05, 4.69) is 4.74 Å². The molecule has 0 saturated heterocycles. The number of carboxylic acids is 1. The number of aliphatic carboxylic acids is 1. The highest BCUT2D eigenvalue weighted by molar-refractivity contribution is 5.73. The summed E-state index contributed by atoms with van der Waals surface area (Å²) in [5.74, 6) is -0.917. The summed E-state index contributed by atoms with van der Waals surface area (Å²) in [6, 6.07) is 6.98. The van der Waals surface area contributed by atoms with E-state index in [1.807, 2.05) is 0 Å². The first-order valence-corrected chi connectivity index (χ1v) is 5.30. The molecule has 0 fully saturated rings. The van der Waals surface area contributed by atoms with Crippen molar-refractivity contribution in [1.82, 2.24) is 0 Å². The maximum absolute atomic E-state index is 10.9. The van der Waals surface area contributed by atoms with Crippen molar-refractivity contribution in [3.8, 4) is 5.75 Å². The Bertz CT molecular complexity index is 450. The van der Waals surface area contributed by atoms with Crippen LogP contribution in [-0.2, 0) is 14.3 Å². The van der Waals surface area contributed by atoms with Gasteiger partial charge in [-0.05, 0) is 6.07 Å². The first-order valence-electron chi connectivity index (χ1n) is 5.30. The molecular weight excluding hydrogens is 236 g/mol. The van der Waals surface area contributed by atoms with E-state index in [-0.39, 0.29) is 12.4 Å². The van der Waals surface area contributed by atoms with Gasteiger partial charge in [0.2, 0.25) is 0 Å². The number of hydrogen-bond donors (Lipinski definition) is 1. The van der Waals surface area contributed by atoms with Crippen LogP contribution < -0.4 is 4.74 Å². The molecular formula is C13H14O5. The number of benzene rings is 1. The molecule has 0 spiro atoms. The Hall–Kier alpha value is -2.30. The van der Waals surface area contributed by atoms with Crippen molar-refractivity contribution < 1.29 is 24.2 Å². The fourth-order valence-electron chi connectivity index (χ4n) is 1.25. The number of carbonyl (C=O) groups is 2. The summed E-state index contributed by atoms with van der Waals surface area (Å²) < 4.78 is 9.61. The summed E-state index contributed by atoms with van der Waals surface area (Å²) in [6.07, 6.45) is 3.48. The molecule has 18 heavy (non-hydrogen) atoms. The van der Waals surface area contributed by atoms with E-state index >= 15 is 0 Å². The van der Waals surface area contributed by atoms with Crippen LogP contribution in [0.15, 0.2) is 30.3 Å². The highest BCUT2D eigenvalue weighted by Gasteiger charge is 2.03. The molecule has 1 rings (SSSR count). The van der Waals surface area contributed by atoms with Crippen molar-refractivity contribution in [2.45, 2.75) is 6.42 Å². The van der Waals surface area contributed by atoms with Gasteiger partial charge in [-0.25, -0.2) is 4.79 Å². The van der Waals surface area contributed by atoms with Gasteiger partial charge in [0.05, 0.1) is 13.5 Å². The maximum Gasteiger partial charge on any atom is 0.341 e. The molecule has 0 aliphatic heterocycles. The van der Waals surface area contributed by atoms with E-state index in [1.165, 1.54) is 7.11 Å². The Labute approximate surface area is 105 Å². The lowest BCUT2D eigenvalue weighted by molar-refractivity contribution is -0.140. The fourth-order valence-corrected chi connectivity index (χ4v) is 1.25. The maximum atomic E-state index is 10.9. The molecule has 0 bridgehead atoms. The number of carbonyl (C=O) groups excluding carboxylic acids is 1. The number of methoxy groups -OCH3 is 1. The van der Waals surface area contributed by atoms with Gasteiger partial charge in [-0.1, -0.05) is 30.4 Å². The van der Waals surface area contributed by atoms with Crippen LogP contribution >= 0.6 is 0 Å². The Kier molecular flexibility index (Phi) is 5.44. The molecule has 0 heterocycles. The quantitative estimate of drug-likeness (QED) is 0.778. The van der Waals surface area contributed by atoms with Crippen LogP contribution in [0.5, 0.6) is 5.75 Å². The summed E-state index contributed by atoms with van der Waals surface area (Å²) in [6.45, 7) is -0.401. The molecule has 5 heteroatoms.